The number of hydrogen-bond donors (Lipinski definition) is 3. The summed E-state index contributed by atoms with van der Waals surface area (Å²) in [6, 6.07) is 4.81. The maximum absolute atomic E-state index is 12.2. The summed E-state index contributed by atoms with van der Waals surface area (Å²) in [7, 11) is 1.48. The first kappa shape index (κ1) is 23.6. The van der Waals surface area contributed by atoms with E-state index in [1.54, 1.807) is 32.9 Å². The summed E-state index contributed by atoms with van der Waals surface area (Å²) in [4.78, 5) is 35.4. The van der Waals surface area contributed by atoms with E-state index < -0.39 is 11.7 Å². The minimum atomic E-state index is -0.578. The molecular weight excluding hydrogens is 386 g/mol. The van der Waals surface area contributed by atoms with Gasteiger partial charge >= 0.3 is 6.09 Å². The van der Waals surface area contributed by atoms with Crippen molar-refractivity contribution in [1.82, 2.24) is 16.0 Å². The topological polar surface area (TPSA) is 106 Å². The van der Waals surface area contributed by atoms with Crippen molar-refractivity contribution in [2.24, 2.45) is 0 Å². The molecule has 0 saturated carbocycles. The standard InChI is InChI=1S/C19H28ClN3O5/c1-19(2,3)28-18(26)23-11-8-16(24)21-9-5-10-22-17(25)14-12-13(20)6-7-15(14)27-4/h6-7,12H,5,8-11H2,1-4H3,(H,21,24)(H,22,25)(H,23,26). The Hall–Kier alpha value is -2.48. The number of carbonyl (C=O) groups is 3. The summed E-state index contributed by atoms with van der Waals surface area (Å²) >= 11 is 5.91. The highest BCUT2D eigenvalue weighted by atomic mass is 35.5. The fraction of sp³-hybridized carbons (Fsp3) is 0.526. The van der Waals surface area contributed by atoms with E-state index in [-0.39, 0.29) is 24.8 Å². The molecule has 156 valence electrons. The molecule has 0 aliphatic carbocycles. The number of hydrogen-bond acceptors (Lipinski definition) is 5. The van der Waals surface area contributed by atoms with Crippen LogP contribution >= 0.6 is 11.6 Å². The molecule has 3 amide bonds. The van der Waals surface area contributed by atoms with Crippen LogP contribution in [0.5, 0.6) is 5.75 Å². The smallest absolute Gasteiger partial charge is 0.407 e. The first-order chi connectivity index (χ1) is 13.1. The van der Waals surface area contributed by atoms with E-state index in [1.165, 1.54) is 13.2 Å². The van der Waals surface area contributed by atoms with Crippen LogP contribution in [0.25, 0.3) is 0 Å². The molecule has 0 unspecified atom stereocenters. The monoisotopic (exact) mass is 413 g/mol. The predicted molar refractivity (Wildman–Crippen MR) is 107 cm³/mol. The second-order valence-electron chi connectivity index (χ2n) is 6.98. The van der Waals surface area contributed by atoms with Crippen LogP contribution in [0.15, 0.2) is 18.2 Å². The third-order valence-electron chi connectivity index (χ3n) is 3.39. The van der Waals surface area contributed by atoms with Gasteiger partial charge in [0, 0.05) is 31.1 Å². The highest BCUT2D eigenvalue weighted by Gasteiger charge is 2.16. The lowest BCUT2D eigenvalue weighted by molar-refractivity contribution is -0.120. The molecule has 1 rings (SSSR count). The first-order valence-corrected chi connectivity index (χ1v) is 9.35. The van der Waals surface area contributed by atoms with Crippen LogP contribution in [0.2, 0.25) is 5.02 Å². The SMILES string of the molecule is COc1ccc(Cl)cc1C(=O)NCCCNC(=O)CCNC(=O)OC(C)(C)C. The number of ether oxygens (including phenoxy) is 2. The minimum absolute atomic E-state index is 0.144. The number of rotatable bonds is 9. The normalized spacial score (nSPS) is 10.8. The van der Waals surface area contributed by atoms with Gasteiger partial charge in [-0.1, -0.05) is 11.6 Å². The second kappa shape index (κ2) is 11.4. The van der Waals surface area contributed by atoms with Gasteiger partial charge in [0.2, 0.25) is 5.91 Å². The van der Waals surface area contributed by atoms with E-state index in [1.807, 2.05) is 0 Å². The molecule has 0 aliphatic rings. The zero-order valence-corrected chi connectivity index (χ0v) is 17.4. The van der Waals surface area contributed by atoms with Gasteiger partial charge in [-0.2, -0.15) is 0 Å². The van der Waals surface area contributed by atoms with E-state index in [9.17, 15) is 14.4 Å². The Morgan fingerprint density at radius 1 is 1.04 bits per heavy atom. The third-order valence-corrected chi connectivity index (χ3v) is 3.62. The molecule has 0 radical (unpaired) electrons. The van der Waals surface area contributed by atoms with E-state index >= 15 is 0 Å². The first-order valence-electron chi connectivity index (χ1n) is 8.97. The lowest BCUT2D eigenvalue weighted by atomic mass is 10.2. The molecule has 0 fully saturated rings. The van der Waals surface area contributed by atoms with Gasteiger partial charge in [-0.05, 0) is 45.4 Å². The Balaban J connectivity index is 2.20. The van der Waals surface area contributed by atoms with Gasteiger partial charge in [-0.3, -0.25) is 9.59 Å². The van der Waals surface area contributed by atoms with Crippen molar-refractivity contribution in [3.05, 3.63) is 28.8 Å². The summed E-state index contributed by atoms with van der Waals surface area (Å²) in [5.74, 6) is -0.0566. The van der Waals surface area contributed by atoms with Crippen molar-refractivity contribution in [3.63, 3.8) is 0 Å². The Morgan fingerprint density at radius 3 is 2.36 bits per heavy atom. The van der Waals surface area contributed by atoms with Crippen molar-refractivity contribution in [2.45, 2.75) is 39.2 Å². The Labute approximate surface area is 170 Å². The molecule has 0 heterocycles. The van der Waals surface area contributed by atoms with Gasteiger partial charge in [-0.25, -0.2) is 4.79 Å². The number of methoxy groups -OCH3 is 1. The van der Waals surface area contributed by atoms with Gasteiger partial charge in [-0.15, -0.1) is 0 Å². The zero-order valence-electron chi connectivity index (χ0n) is 16.7. The zero-order chi connectivity index (χ0) is 21.2. The van der Waals surface area contributed by atoms with Crippen molar-refractivity contribution >= 4 is 29.5 Å². The maximum atomic E-state index is 12.2. The van der Waals surface area contributed by atoms with Crippen LogP contribution in [-0.2, 0) is 9.53 Å². The predicted octanol–water partition coefficient (Wildman–Crippen LogP) is 2.50. The van der Waals surface area contributed by atoms with E-state index in [0.29, 0.717) is 35.8 Å². The van der Waals surface area contributed by atoms with E-state index in [4.69, 9.17) is 21.1 Å². The quantitative estimate of drug-likeness (QED) is 0.539. The molecule has 0 bridgehead atoms. The number of amides is 3. The largest absolute Gasteiger partial charge is 0.496 e. The Bertz CT molecular complexity index is 689. The van der Waals surface area contributed by atoms with Crippen LogP contribution in [0.4, 0.5) is 4.79 Å². The Kier molecular flexibility index (Phi) is 9.58. The fourth-order valence-electron chi connectivity index (χ4n) is 2.15. The summed E-state index contributed by atoms with van der Waals surface area (Å²) in [5, 5.41) is 8.43. The highest BCUT2D eigenvalue weighted by Crippen LogP contribution is 2.22. The third kappa shape index (κ3) is 9.45. The number of alkyl carbamates (subject to hydrolysis) is 1. The fourth-order valence-corrected chi connectivity index (χ4v) is 2.32. The number of nitrogens with one attached hydrogen (secondary N) is 3. The number of carbonyl (C=O) groups excluding carboxylic acids is 3. The Morgan fingerprint density at radius 2 is 1.71 bits per heavy atom. The molecule has 3 N–H and O–H groups in total. The van der Waals surface area contributed by atoms with Crippen molar-refractivity contribution in [3.8, 4) is 5.75 Å². The van der Waals surface area contributed by atoms with Gasteiger partial charge in [0.1, 0.15) is 11.4 Å². The van der Waals surface area contributed by atoms with Crippen molar-refractivity contribution < 1.29 is 23.9 Å². The van der Waals surface area contributed by atoms with Crippen LogP contribution < -0.4 is 20.7 Å². The lowest BCUT2D eigenvalue weighted by Gasteiger charge is -2.19. The van der Waals surface area contributed by atoms with Crippen LogP contribution in [0.3, 0.4) is 0 Å². The number of halogens is 1. The minimum Gasteiger partial charge on any atom is -0.496 e. The maximum Gasteiger partial charge on any atom is 0.407 e. The molecular formula is C19H28ClN3O5. The van der Waals surface area contributed by atoms with Gasteiger partial charge in [0.25, 0.3) is 5.91 Å². The molecule has 1 aromatic rings. The summed E-state index contributed by atoms with van der Waals surface area (Å²) in [6.45, 7) is 6.26. The molecule has 0 aromatic heterocycles. The molecule has 0 saturated heterocycles. The average molecular weight is 414 g/mol. The van der Waals surface area contributed by atoms with Crippen LogP contribution in [0, 0.1) is 0 Å². The highest BCUT2D eigenvalue weighted by molar-refractivity contribution is 6.31. The van der Waals surface area contributed by atoms with Gasteiger partial charge < -0.3 is 25.4 Å². The molecule has 0 aliphatic heterocycles. The van der Waals surface area contributed by atoms with E-state index in [2.05, 4.69) is 16.0 Å². The molecule has 9 heteroatoms. The summed E-state index contributed by atoms with van der Waals surface area (Å²) in [5.41, 5.74) is -0.224. The average Bonchev–Trinajstić information content (AvgIpc) is 2.59. The van der Waals surface area contributed by atoms with Crippen molar-refractivity contribution in [1.29, 1.82) is 0 Å². The second-order valence-corrected chi connectivity index (χ2v) is 7.42. The number of benzene rings is 1. The summed E-state index contributed by atoms with van der Waals surface area (Å²) < 4.78 is 10.2. The van der Waals surface area contributed by atoms with Crippen LogP contribution in [-0.4, -0.2) is 50.3 Å². The molecule has 0 atom stereocenters. The summed E-state index contributed by atoms with van der Waals surface area (Å²) in [6.07, 6.45) is 0.144. The van der Waals surface area contributed by atoms with Crippen molar-refractivity contribution in [2.75, 3.05) is 26.7 Å². The van der Waals surface area contributed by atoms with E-state index in [0.717, 1.165) is 0 Å². The molecule has 28 heavy (non-hydrogen) atoms. The molecule has 0 spiro atoms. The molecule has 1 aromatic carbocycles. The van der Waals surface area contributed by atoms with Gasteiger partial charge in [0.05, 0.1) is 12.7 Å². The van der Waals surface area contributed by atoms with Gasteiger partial charge in [0.15, 0.2) is 0 Å². The molecule has 8 nitrogen and oxygen atoms in total. The lowest BCUT2D eigenvalue weighted by Crippen LogP contribution is -2.35. The van der Waals surface area contributed by atoms with Crippen LogP contribution in [0.1, 0.15) is 44.0 Å².